The maximum atomic E-state index is 11.4. The van der Waals surface area contributed by atoms with Gasteiger partial charge in [0, 0.05) is 22.9 Å². The van der Waals surface area contributed by atoms with Gasteiger partial charge in [-0.1, -0.05) is 29.8 Å². The molecule has 0 unspecified atom stereocenters. The van der Waals surface area contributed by atoms with Crippen molar-refractivity contribution in [3.8, 4) is 11.5 Å². The lowest BCUT2D eigenvalue weighted by atomic mass is 10.1. The Balaban J connectivity index is 2.02. The fourth-order valence-electron chi connectivity index (χ4n) is 2.52. The van der Waals surface area contributed by atoms with Crippen LogP contribution in [0.1, 0.15) is 18.2 Å². The number of rotatable bonds is 4. The second kappa shape index (κ2) is 7.89. The molecule has 0 aliphatic rings. The van der Waals surface area contributed by atoms with E-state index in [0.29, 0.717) is 26.6 Å². The summed E-state index contributed by atoms with van der Waals surface area (Å²) in [5.41, 5.74) is 2.19. The Hall–Kier alpha value is -2.37. The van der Waals surface area contributed by atoms with Crippen LogP contribution in [0.5, 0.6) is 11.5 Å². The van der Waals surface area contributed by atoms with Crippen LogP contribution in [0.4, 0.5) is 0 Å². The molecule has 0 amide bonds. The Bertz CT molecular complexity index is 1020. The molecule has 4 nitrogen and oxygen atoms in total. The fourth-order valence-corrected chi connectivity index (χ4v) is 3.44. The van der Waals surface area contributed by atoms with Gasteiger partial charge in [0.2, 0.25) is 0 Å². The number of pyridine rings is 1. The normalized spacial score (nSPS) is 11.1. The smallest absolute Gasteiger partial charge is 0.308 e. The number of esters is 1. The van der Waals surface area contributed by atoms with Crippen molar-refractivity contribution in [2.24, 2.45) is 0 Å². The van der Waals surface area contributed by atoms with Crippen molar-refractivity contribution in [2.75, 3.05) is 7.11 Å². The minimum atomic E-state index is -0.406. The van der Waals surface area contributed by atoms with E-state index in [9.17, 15) is 4.79 Å². The first-order chi connectivity index (χ1) is 12.5. The predicted octanol–water partition coefficient (Wildman–Crippen LogP) is 5.76. The van der Waals surface area contributed by atoms with Crippen molar-refractivity contribution in [1.82, 2.24) is 4.98 Å². The van der Waals surface area contributed by atoms with Gasteiger partial charge >= 0.3 is 5.97 Å². The Morgan fingerprint density at radius 3 is 2.73 bits per heavy atom. The molecule has 0 aliphatic heterocycles. The number of hydrogen-bond acceptors (Lipinski definition) is 4. The summed E-state index contributed by atoms with van der Waals surface area (Å²) in [6.07, 6.45) is 3.63. The number of ether oxygens (including phenoxy) is 2. The molecule has 0 radical (unpaired) electrons. The predicted molar refractivity (Wildman–Crippen MR) is 108 cm³/mol. The van der Waals surface area contributed by atoms with Crippen LogP contribution < -0.4 is 9.47 Å². The average molecular weight is 433 g/mol. The van der Waals surface area contributed by atoms with E-state index < -0.39 is 5.97 Å². The molecule has 26 heavy (non-hydrogen) atoms. The molecule has 6 heteroatoms. The number of carbonyl (C=O) groups is 1. The molecule has 3 rings (SSSR count). The van der Waals surface area contributed by atoms with E-state index >= 15 is 0 Å². The van der Waals surface area contributed by atoms with E-state index in [1.165, 1.54) is 6.92 Å². The van der Waals surface area contributed by atoms with Gasteiger partial charge in [-0.3, -0.25) is 4.79 Å². The molecule has 0 saturated heterocycles. The van der Waals surface area contributed by atoms with E-state index in [1.54, 1.807) is 25.3 Å². The monoisotopic (exact) mass is 431 g/mol. The van der Waals surface area contributed by atoms with Gasteiger partial charge in [0.15, 0.2) is 5.75 Å². The largest absolute Gasteiger partial charge is 0.494 e. The minimum absolute atomic E-state index is 0.406. The van der Waals surface area contributed by atoms with Crippen LogP contribution in [-0.4, -0.2) is 18.1 Å². The lowest BCUT2D eigenvalue weighted by Gasteiger charge is -2.09. The van der Waals surface area contributed by atoms with Crippen LogP contribution in [0.3, 0.4) is 0 Å². The third-order valence-corrected chi connectivity index (χ3v) is 4.45. The van der Waals surface area contributed by atoms with E-state index in [0.717, 1.165) is 16.6 Å². The molecule has 0 atom stereocenters. The Labute approximate surface area is 164 Å². The molecule has 1 heterocycles. The zero-order chi connectivity index (χ0) is 18.7. The number of aromatic nitrogens is 1. The highest BCUT2D eigenvalue weighted by Gasteiger charge is 2.11. The maximum Gasteiger partial charge on any atom is 0.308 e. The number of halogens is 2. The number of hydrogen-bond donors (Lipinski definition) is 0. The van der Waals surface area contributed by atoms with E-state index in [4.69, 9.17) is 21.1 Å². The molecule has 0 spiro atoms. The van der Waals surface area contributed by atoms with Crippen LogP contribution in [0, 0.1) is 0 Å². The van der Waals surface area contributed by atoms with Gasteiger partial charge < -0.3 is 9.47 Å². The Morgan fingerprint density at radius 2 is 2.00 bits per heavy atom. The van der Waals surface area contributed by atoms with Gasteiger partial charge in [-0.05, 0) is 52.3 Å². The van der Waals surface area contributed by atoms with E-state index in [1.807, 2.05) is 36.4 Å². The maximum absolute atomic E-state index is 11.4. The van der Waals surface area contributed by atoms with E-state index in [2.05, 4.69) is 20.9 Å². The van der Waals surface area contributed by atoms with Gasteiger partial charge in [0.05, 0.1) is 17.3 Å². The molecule has 0 aliphatic carbocycles. The molecular formula is C20H15BrClNO3. The second-order valence-corrected chi connectivity index (χ2v) is 6.79. The van der Waals surface area contributed by atoms with Crippen molar-refractivity contribution >= 4 is 56.6 Å². The lowest BCUT2D eigenvalue weighted by molar-refractivity contribution is -0.131. The summed E-state index contributed by atoms with van der Waals surface area (Å²) >= 11 is 9.50. The molecule has 2 aromatic carbocycles. The van der Waals surface area contributed by atoms with Crippen molar-refractivity contribution in [3.63, 3.8) is 0 Å². The van der Waals surface area contributed by atoms with Crippen LogP contribution in [0.2, 0.25) is 5.02 Å². The van der Waals surface area contributed by atoms with Crippen molar-refractivity contribution < 1.29 is 14.3 Å². The zero-order valence-corrected chi connectivity index (χ0v) is 16.5. The average Bonchev–Trinajstić information content (AvgIpc) is 2.61. The highest BCUT2D eigenvalue weighted by atomic mass is 79.9. The number of nitrogens with zero attached hydrogens (tertiary/aromatic N) is 1. The summed E-state index contributed by atoms with van der Waals surface area (Å²) in [4.78, 5) is 16.0. The topological polar surface area (TPSA) is 48.4 Å². The number of benzene rings is 2. The number of carbonyl (C=O) groups excluding carboxylic acids is 1. The van der Waals surface area contributed by atoms with Crippen LogP contribution in [0.25, 0.3) is 23.1 Å². The molecule has 0 saturated carbocycles. The number of fused-ring (bicyclic) bond motifs is 1. The van der Waals surface area contributed by atoms with Crippen LogP contribution in [0.15, 0.2) is 46.9 Å². The van der Waals surface area contributed by atoms with Crippen LogP contribution in [-0.2, 0) is 4.79 Å². The second-order valence-electron chi connectivity index (χ2n) is 5.50. The Morgan fingerprint density at radius 1 is 1.19 bits per heavy atom. The van der Waals surface area contributed by atoms with Gasteiger partial charge in [-0.2, -0.15) is 0 Å². The first kappa shape index (κ1) is 18.4. The number of para-hydroxylation sites is 1. The molecule has 3 aromatic rings. The summed E-state index contributed by atoms with van der Waals surface area (Å²) in [5, 5.41) is 1.52. The third-order valence-electron chi connectivity index (χ3n) is 3.64. The summed E-state index contributed by atoms with van der Waals surface area (Å²) in [5.74, 6) is 0.719. The van der Waals surface area contributed by atoms with Gasteiger partial charge in [0.25, 0.3) is 0 Å². The Kier molecular flexibility index (Phi) is 5.59. The molecule has 0 fully saturated rings. The fraction of sp³-hybridized carbons (Fsp3) is 0.100. The van der Waals surface area contributed by atoms with Crippen molar-refractivity contribution in [1.29, 1.82) is 0 Å². The summed E-state index contributed by atoms with van der Waals surface area (Å²) < 4.78 is 11.3. The van der Waals surface area contributed by atoms with Crippen LogP contribution >= 0.6 is 27.5 Å². The van der Waals surface area contributed by atoms with Gasteiger partial charge in [-0.15, -0.1) is 0 Å². The SMILES string of the molecule is COc1cccc2ccc(/C=C/c3cc(Cl)cc(Br)c3OC(C)=O)nc12. The zero-order valence-electron chi connectivity index (χ0n) is 14.1. The molecule has 1 aromatic heterocycles. The van der Waals surface area contributed by atoms with Crippen molar-refractivity contribution in [3.05, 3.63) is 63.2 Å². The first-order valence-corrected chi connectivity index (χ1v) is 8.94. The molecular weight excluding hydrogens is 418 g/mol. The molecule has 132 valence electrons. The highest BCUT2D eigenvalue weighted by molar-refractivity contribution is 9.10. The minimum Gasteiger partial charge on any atom is -0.494 e. The molecule has 0 N–H and O–H groups in total. The number of methoxy groups -OCH3 is 1. The van der Waals surface area contributed by atoms with E-state index in [-0.39, 0.29) is 0 Å². The summed E-state index contributed by atoms with van der Waals surface area (Å²) in [6.45, 7) is 1.35. The molecule has 0 bridgehead atoms. The quantitative estimate of drug-likeness (QED) is 0.389. The summed E-state index contributed by atoms with van der Waals surface area (Å²) in [7, 11) is 1.62. The van der Waals surface area contributed by atoms with Gasteiger partial charge in [-0.25, -0.2) is 4.98 Å². The van der Waals surface area contributed by atoms with Gasteiger partial charge in [0.1, 0.15) is 11.3 Å². The first-order valence-electron chi connectivity index (χ1n) is 7.77. The standard InChI is InChI=1S/C20H15BrClNO3/c1-12(24)26-20-14(10-15(22)11-17(20)21)7-9-16-8-6-13-4-3-5-18(25-2)19(13)23-16/h3-11H,1-2H3/b9-7+. The lowest BCUT2D eigenvalue weighted by Crippen LogP contribution is -2.03. The highest BCUT2D eigenvalue weighted by Crippen LogP contribution is 2.34. The third kappa shape index (κ3) is 4.06. The summed E-state index contributed by atoms with van der Waals surface area (Å²) in [6, 6.07) is 13.1. The van der Waals surface area contributed by atoms with Crippen molar-refractivity contribution in [2.45, 2.75) is 6.92 Å².